The van der Waals surface area contributed by atoms with Gasteiger partial charge in [-0.05, 0) is 44.5 Å². The van der Waals surface area contributed by atoms with Crippen molar-refractivity contribution in [1.82, 2.24) is 0 Å². The van der Waals surface area contributed by atoms with Crippen LogP contribution in [0.15, 0.2) is 18.2 Å². The zero-order valence-corrected chi connectivity index (χ0v) is 12.4. The van der Waals surface area contributed by atoms with Crippen molar-refractivity contribution in [2.75, 3.05) is 12.4 Å². The highest BCUT2D eigenvalue weighted by molar-refractivity contribution is 9.10. The molecule has 0 aliphatic carbocycles. The average Bonchev–Trinajstić information content (AvgIpc) is 2.29. The molecule has 1 amide bonds. The number of alkyl halides is 1. The second-order valence-electron chi connectivity index (χ2n) is 4.45. The molecule has 0 spiro atoms. The molecule has 18 heavy (non-hydrogen) atoms. The molecule has 5 heteroatoms. The Morgan fingerprint density at radius 1 is 1.33 bits per heavy atom. The van der Waals surface area contributed by atoms with E-state index in [-0.39, 0.29) is 5.91 Å². The van der Waals surface area contributed by atoms with Gasteiger partial charge in [-0.15, -0.1) is 0 Å². The van der Waals surface area contributed by atoms with Gasteiger partial charge in [0.15, 0.2) is 0 Å². The van der Waals surface area contributed by atoms with Gasteiger partial charge in [0, 0.05) is 5.69 Å². The molecule has 1 aromatic rings. The summed E-state index contributed by atoms with van der Waals surface area (Å²) in [7, 11) is 1.33. The summed E-state index contributed by atoms with van der Waals surface area (Å²) >= 11 is 3.29. The quantitative estimate of drug-likeness (QED) is 0.689. The summed E-state index contributed by atoms with van der Waals surface area (Å²) in [4.78, 5) is 23.2. The number of anilines is 1. The first-order valence-electron chi connectivity index (χ1n) is 5.45. The number of carbonyl (C=O) groups is 2. The van der Waals surface area contributed by atoms with Crippen LogP contribution in [-0.2, 0) is 9.53 Å². The molecule has 0 aromatic heterocycles. The van der Waals surface area contributed by atoms with E-state index in [1.165, 1.54) is 7.11 Å². The minimum absolute atomic E-state index is 0.142. The summed E-state index contributed by atoms with van der Waals surface area (Å²) in [6.07, 6.45) is 0. The van der Waals surface area contributed by atoms with Crippen molar-refractivity contribution in [3.05, 3.63) is 29.3 Å². The van der Waals surface area contributed by atoms with Crippen LogP contribution < -0.4 is 5.32 Å². The first kappa shape index (κ1) is 14.7. The van der Waals surface area contributed by atoms with Crippen LogP contribution in [-0.4, -0.2) is 23.3 Å². The number of rotatable bonds is 3. The van der Waals surface area contributed by atoms with Gasteiger partial charge in [0.05, 0.1) is 17.0 Å². The van der Waals surface area contributed by atoms with Crippen LogP contribution in [0, 0.1) is 6.92 Å². The molecule has 0 aliphatic rings. The van der Waals surface area contributed by atoms with Gasteiger partial charge in [-0.2, -0.15) is 0 Å². The van der Waals surface area contributed by atoms with Gasteiger partial charge in [-0.3, -0.25) is 4.79 Å². The SMILES string of the molecule is COC(=O)c1ccc(NC(=O)C(C)(C)Br)c(C)c1. The third-order valence-corrected chi connectivity index (χ3v) is 2.80. The maximum absolute atomic E-state index is 11.8. The zero-order valence-electron chi connectivity index (χ0n) is 10.8. The van der Waals surface area contributed by atoms with Crippen LogP contribution in [0.25, 0.3) is 0 Å². The molecule has 0 radical (unpaired) electrons. The van der Waals surface area contributed by atoms with Gasteiger partial charge < -0.3 is 10.1 Å². The number of aryl methyl sites for hydroxylation is 1. The number of nitrogens with one attached hydrogen (secondary N) is 1. The molecule has 98 valence electrons. The fraction of sp³-hybridized carbons (Fsp3) is 0.385. The lowest BCUT2D eigenvalue weighted by Gasteiger charge is -2.17. The Morgan fingerprint density at radius 3 is 2.39 bits per heavy atom. The number of halogens is 1. The van der Waals surface area contributed by atoms with Crippen LogP contribution in [0.3, 0.4) is 0 Å². The standard InChI is InChI=1S/C13H16BrNO3/c1-8-7-9(11(16)18-4)5-6-10(8)15-12(17)13(2,3)14/h5-7H,1-4H3,(H,15,17). The topological polar surface area (TPSA) is 55.4 Å². The van der Waals surface area contributed by atoms with Gasteiger partial charge in [0.1, 0.15) is 0 Å². The number of ether oxygens (including phenoxy) is 1. The Balaban J connectivity index is 2.94. The molecule has 1 aromatic carbocycles. The van der Waals surface area contributed by atoms with Crippen molar-refractivity contribution < 1.29 is 14.3 Å². The lowest BCUT2D eigenvalue weighted by molar-refractivity contribution is -0.117. The Morgan fingerprint density at radius 2 is 1.94 bits per heavy atom. The summed E-state index contributed by atoms with van der Waals surface area (Å²) in [6, 6.07) is 5.00. The second kappa shape index (κ2) is 5.52. The molecule has 1 N–H and O–H groups in total. The summed E-state index contributed by atoms with van der Waals surface area (Å²) in [5.74, 6) is -0.534. The van der Waals surface area contributed by atoms with Gasteiger partial charge in [0.25, 0.3) is 0 Å². The van der Waals surface area contributed by atoms with E-state index in [4.69, 9.17) is 0 Å². The fourth-order valence-corrected chi connectivity index (χ4v) is 1.42. The number of esters is 1. The third kappa shape index (κ3) is 3.57. The highest BCUT2D eigenvalue weighted by Crippen LogP contribution is 2.22. The summed E-state index contributed by atoms with van der Waals surface area (Å²) < 4.78 is 3.99. The van der Waals surface area contributed by atoms with Crippen LogP contribution in [0.1, 0.15) is 29.8 Å². The summed E-state index contributed by atoms with van der Waals surface area (Å²) in [6.45, 7) is 5.35. The van der Waals surface area contributed by atoms with Gasteiger partial charge >= 0.3 is 5.97 Å². The molecule has 0 unspecified atom stereocenters. The van der Waals surface area contributed by atoms with Crippen LogP contribution in [0.4, 0.5) is 5.69 Å². The van der Waals surface area contributed by atoms with Crippen LogP contribution in [0.5, 0.6) is 0 Å². The largest absolute Gasteiger partial charge is 0.465 e. The maximum Gasteiger partial charge on any atom is 0.337 e. The van der Waals surface area contributed by atoms with E-state index in [1.807, 2.05) is 6.92 Å². The van der Waals surface area contributed by atoms with Gasteiger partial charge in [-0.25, -0.2) is 4.79 Å². The maximum atomic E-state index is 11.8. The molecule has 0 saturated heterocycles. The normalized spacial score (nSPS) is 10.9. The van der Waals surface area contributed by atoms with E-state index in [9.17, 15) is 9.59 Å². The van der Waals surface area contributed by atoms with Crippen molar-refractivity contribution in [2.24, 2.45) is 0 Å². The number of methoxy groups -OCH3 is 1. The molecule has 0 atom stereocenters. The average molecular weight is 314 g/mol. The first-order chi connectivity index (χ1) is 8.25. The Kier molecular flexibility index (Phi) is 4.51. The predicted molar refractivity (Wildman–Crippen MR) is 74.2 cm³/mol. The van der Waals surface area contributed by atoms with Crippen LogP contribution in [0.2, 0.25) is 0 Å². The molecule has 0 saturated carbocycles. The van der Waals surface area contributed by atoms with E-state index in [2.05, 4.69) is 26.0 Å². The molecular weight excluding hydrogens is 298 g/mol. The van der Waals surface area contributed by atoms with Crippen molar-refractivity contribution in [3.8, 4) is 0 Å². The molecule has 0 bridgehead atoms. The van der Waals surface area contributed by atoms with Gasteiger partial charge in [0.2, 0.25) is 5.91 Å². The molecule has 1 rings (SSSR count). The smallest absolute Gasteiger partial charge is 0.337 e. The molecular formula is C13H16BrNO3. The lowest BCUT2D eigenvalue weighted by atomic mass is 10.1. The van der Waals surface area contributed by atoms with Crippen molar-refractivity contribution in [2.45, 2.75) is 25.1 Å². The number of carbonyl (C=O) groups excluding carboxylic acids is 2. The number of hydrogen-bond donors (Lipinski definition) is 1. The van der Waals surface area contributed by atoms with Crippen molar-refractivity contribution in [3.63, 3.8) is 0 Å². The third-order valence-electron chi connectivity index (χ3n) is 2.44. The fourth-order valence-electron chi connectivity index (χ4n) is 1.32. The van der Waals surface area contributed by atoms with Crippen LogP contribution >= 0.6 is 15.9 Å². The minimum Gasteiger partial charge on any atom is -0.465 e. The van der Waals surface area contributed by atoms with Gasteiger partial charge in [-0.1, -0.05) is 15.9 Å². The molecule has 0 heterocycles. The van der Waals surface area contributed by atoms with Crippen molar-refractivity contribution >= 4 is 33.5 Å². The van der Waals surface area contributed by atoms with E-state index >= 15 is 0 Å². The molecule has 4 nitrogen and oxygen atoms in total. The van der Waals surface area contributed by atoms with E-state index in [0.29, 0.717) is 11.3 Å². The number of amides is 1. The van der Waals surface area contributed by atoms with Crippen molar-refractivity contribution in [1.29, 1.82) is 0 Å². The summed E-state index contributed by atoms with van der Waals surface area (Å²) in [5.41, 5.74) is 1.95. The van der Waals surface area contributed by atoms with E-state index in [1.54, 1.807) is 32.0 Å². The number of benzene rings is 1. The number of hydrogen-bond acceptors (Lipinski definition) is 3. The second-order valence-corrected chi connectivity index (χ2v) is 6.43. The Bertz CT molecular complexity index is 478. The summed E-state index contributed by atoms with van der Waals surface area (Å²) in [5, 5.41) is 2.80. The molecule has 0 aliphatic heterocycles. The van der Waals surface area contributed by atoms with E-state index in [0.717, 1.165) is 5.56 Å². The van der Waals surface area contributed by atoms with E-state index < -0.39 is 10.3 Å². The monoisotopic (exact) mass is 313 g/mol. The first-order valence-corrected chi connectivity index (χ1v) is 6.24. The molecule has 0 fully saturated rings. The lowest BCUT2D eigenvalue weighted by Crippen LogP contribution is -2.31. The highest BCUT2D eigenvalue weighted by Gasteiger charge is 2.24. The zero-order chi connectivity index (χ0) is 13.9. The minimum atomic E-state index is -0.638. The predicted octanol–water partition coefficient (Wildman–Crippen LogP) is 2.89. The Labute approximate surface area is 115 Å². The Hall–Kier alpha value is -1.36. The highest BCUT2D eigenvalue weighted by atomic mass is 79.9.